The first-order valence-electron chi connectivity index (χ1n) is 7.71. The molecule has 0 saturated carbocycles. The first kappa shape index (κ1) is 16.3. The Morgan fingerprint density at radius 3 is 2.67 bits per heavy atom. The van der Waals surface area contributed by atoms with Gasteiger partial charge in [-0.25, -0.2) is 4.79 Å². The van der Waals surface area contributed by atoms with Crippen LogP contribution in [-0.4, -0.2) is 24.5 Å². The van der Waals surface area contributed by atoms with Gasteiger partial charge in [0.2, 0.25) is 5.91 Å². The summed E-state index contributed by atoms with van der Waals surface area (Å²) in [6.07, 6.45) is 0.282. The van der Waals surface area contributed by atoms with Gasteiger partial charge in [-0.3, -0.25) is 4.79 Å². The second-order valence-electron chi connectivity index (χ2n) is 5.85. The fraction of sp³-hybridized carbons (Fsp3) is 0.222. The normalized spacial score (nSPS) is 17.0. The van der Waals surface area contributed by atoms with Crippen LogP contribution in [0.5, 0.6) is 0 Å². The van der Waals surface area contributed by atoms with Crippen LogP contribution in [0.1, 0.15) is 12.0 Å². The summed E-state index contributed by atoms with van der Waals surface area (Å²) in [4.78, 5) is 25.9. The fourth-order valence-electron chi connectivity index (χ4n) is 2.75. The number of hydrogen-bond acceptors (Lipinski definition) is 2. The monoisotopic (exact) mass is 343 g/mol. The molecule has 2 aromatic rings. The van der Waals surface area contributed by atoms with Crippen LogP contribution in [0.2, 0.25) is 5.02 Å². The topological polar surface area (TPSA) is 61.4 Å². The van der Waals surface area contributed by atoms with Crippen molar-refractivity contribution < 1.29 is 9.59 Å². The van der Waals surface area contributed by atoms with Crippen molar-refractivity contribution in [3.63, 3.8) is 0 Å². The maximum absolute atomic E-state index is 12.2. The summed E-state index contributed by atoms with van der Waals surface area (Å²) in [5.41, 5.74) is 2.58. The highest BCUT2D eigenvalue weighted by molar-refractivity contribution is 6.30. The number of carbonyl (C=O) groups excluding carboxylic acids is 2. The molecule has 1 saturated heterocycles. The zero-order valence-corrected chi connectivity index (χ0v) is 14.0. The third-order valence-corrected chi connectivity index (χ3v) is 4.13. The molecule has 1 aliphatic heterocycles. The number of benzene rings is 2. The number of urea groups is 1. The molecular formula is C18H18ClN3O2. The molecule has 0 bridgehead atoms. The second kappa shape index (κ2) is 6.93. The molecule has 6 heteroatoms. The second-order valence-corrected chi connectivity index (χ2v) is 6.29. The van der Waals surface area contributed by atoms with Crippen molar-refractivity contribution in [2.75, 3.05) is 16.8 Å². The van der Waals surface area contributed by atoms with E-state index in [4.69, 9.17) is 11.6 Å². The first-order chi connectivity index (χ1) is 11.5. The number of hydrogen-bond donors (Lipinski definition) is 2. The Morgan fingerprint density at radius 2 is 1.96 bits per heavy atom. The molecule has 0 spiro atoms. The molecule has 0 aromatic heterocycles. The van der Waals surface area contributed by atoms with Crippen molar-refractivity contribution in [1.29, 1.82) is 0 Å². The summed E-state index contributed by atoms with van der Waals surface area (Å²) >= 11 is 5.87. The Kier molecular flexibility index (Phi) is 4.71. The Labute approximate surface area is 145 Å². The average Bonchev–Trinajstić information content (AvgIpc) is 2.88. The van der Waals surface area contributed by atoms with Gasteiger partial charge in [0.15, 0.2) is 0 Å². The lowest BCUT2D eigenvalue weighted by molar-refractivity contribution is -0.117. The van der Waals surface area contributed by atoms with E-state index in [2.05, 4.69) is 10.6 Å². The molecule has 1 fully saturated rings. The lowest BCUT2D eigenvalue weighted by atomic mass is 10.2. The molecule has 1 heterocycles. The van der Waals surface area contributed by atoms with E-state index in [1.165, 1.54) is 0 Å². The van der Waals surface area contributed by atoms with E-state index in [-0.39, 0.29) is 24.4 Å². The molecule has 5 nitrogen and oxygen atoms in total. The van der Waals surface area contributed by atoms with Crippen LogP contribution in [0.4, 0.5) is 16.2 Å². The summed E-state index contributed by atoms with van der Waals surface area (Å²) in [5.74, 6) is -0.0156. The van der Waals surface area contributed by atoms with Crippen molar-refractivity contribution in [3.8, 4) is 0 Å². The van der Waals surface area contributed by atoms with Gasteiger partial charge in [-0.1, -0.05) is 23.7 Å². The molecular weight excluding hydrogens is 326 g/mol. The van der Waals surface area contributed by atoms with Crippen LogP contribution in [0.15, 0.2) is 48.5 Å². The summed E-state index contributed by atoms with van der Waals surface area (Å²) < 4.78 is 0. The zero-order chi connectivity index (χ0) is 17.1. The maximum Gasteiger partial charge on any atom is 0.319 e. The number of nitrogens with zero attached hydrogens (tertiary/aromatic N) is 1. The van der Waals surface area contributed by atoms with Gasteiger partial charge in [-0.15, -0.1) is 0 Å². The van der Waals surface area contributed by atoms with Gasteiger partial charge in [0, 0.05) is 29.4 Å². The van der Waals surface area contributed by atoms with E-state index in [9.17, 15) is 9.59 Å². The molecule has 0 aliphatic carbocycles. The van der Waals surface area contributed by atoms with Crippen molar-refractivity contribution >= 4 is 34.9 Å². The van der Waals surface area contributed by atoms with Gasteiger partial charge >= 0.3 is 6.03 Å². The molecule has 1 unspecified atom stereocenters. The van der Waals surface area contributed by atoms with Gasteiger partial charge in [0.25, 0.3) is 0 Å². The van der Waals surface area contributed by atoms with Crippen LogP contribution in [0.3, 0.4) is 0 Å². The quantitative estimate of drug-likeness (QED) is 0.894. The Hall–Kier alpha value is -2.53. The molecule has 24 heavy (non-hydrogen) atoms. The van der Waals surface area contributed by atoms with Gasteiger partial charge in [0.05, 0.1) is 6.04 Å². The minimum atomic E-state index is -0.309. The summed E-state index contributed by atoms with van der Waals surface area (Å²) in [6.45, 7) is 2.41. The van der Waals surface area contributed by atoms with Gasteiger partial charge < -0.3 is 15.5 Å². The lowest BCUT2D eigenvalue weighted by Crippen LogP contribution is -2.39. The molecule has 1 atom stereocenters. The Bertz CT molecular complexity index is 761. The zero-order valence-electron chi connectivity index (χ0n) is 13.3. The Balaban J connectivity index is 1.59. The van der Waals surface area contributed by atoms with Crippen molar-refractivity contribution in [3.05, 3.63) is 59.1 Å². The number of aryl methyl sites for hydroxylation is 1. The molecule has 2 N–H and O–H groups in total. The van der Waals surface area contributed by atoms with Crippen LogP contribution in [-0.2, 0) is 4.79 Å². The number of rotatable bonds is 3. The van der Waals surface area contributed by atoms with Crippen molar-refractivity contribution in [1.82, 2.24) is 5.32 Å². The highest BCUT2D eigenvalue weighted by Crippen LogP contribution is 2.23. The predicted molar refractivity (Wildman–Crippen MR) is 95.5 cm³/mol. The smallest absolute Gasteiger partial charge is 0.319 e. The van der Waals surface area contributed by atoms with E-state index < -0.39 is 0 Å². The number of amides is 3. The van der Waals surface area contributed by atoms with Crippen molar-refractivity contribution in [2.45, 2.75) is 19.4 Å². The van der Waals surface area contributed by atoms with Crippen LogP contribution < -0.4 is 15.5 Å². The number of halogens is 1. The van der Waals surface area contributed by atoms with Crippen LogP contribution >= 0.6 is 11.6 Å². The minimum absolute atomic E-state index is 0.0156. The molecule has 3 amide bonds. The van der Waals surface area contributed by atoms with Crippen LogP contribution in [0.25, 0.3) is 0 Å². The third kappa shape index (κ3) is 3.86. The lowest BCUT2D eigenvalue weighted by Gasteiger charge is -2.17. The summed E-state index contributed by atoms with van der Waals surface area (Å²) in [7, 11) is 0. The fourth-order valence-corrected chi connectivity index (χ4v) is 2.88. The van der Waals surface area contributed by atoms with Gasteiger partial charge in [0.1, 0.15) is 0 Å². The van der Waals surface area contributed by atoms with E-state index in [0.717, 1.165) is 16.9 Å². The van der Waals surface area contributed by atoms with Gasteiger partial charge in [-0.05, 0) is 48.9 Å². The maximum atomic E-state index is 12.2. The van der Waals surface area contributed by atoms with Crippen LogP contribution in [0, 0.1) is 6.92 Å². The molecule has 1 aliphatic rings. The molecule has 0 radical (unpaired) electrons. The SMILES string of the molecule is Cc1cccc(NC(=O)NC2CC(=O)N(c3ccc(Cl)cc3)C2)c1. The standard InChI is InChI=1S/C18H18ClN3O2/c1-12-3-2-4-14(9-12)20-18(24)21-15-10-17(23)22(11-15)16-7-5-13(19)6-8-16/h2-9,15H,10-11H2,1H3,(H2,20,21,24). The average molecular weight is 344 g/mol. The Morgan fingerprint density at radius 1 is 1.21 bits per heavy atom. The van der Waals surface area contributed by atoms with E-state index in [1.54, 1.807) is 29.2 Å². The number of anilines is 2. The predicted octanol–water partition coefficient (Wildman–Crippen LogP) is 3.58. The highest BCUT2D eigenvalue weighted by atomic mass is 35.5. The van der Waals surface area contributed by atoms with Gasteiger partial charge in [-0.2, -0.15) is 0 Å². The molecule has 124 valence electrons. The van der Waals surface area contributed by atoms with E-state index in [1.807, 2.05) is 31.2 Å². The van der Waals surface area contributed by atoms with E-state index in [0.29, 0.717) is 11.6 Å². The third-order valence-electron chi connectivity index (χ3n) is 3.87. The summed E-state index contributed by atoms with van der Waals surface area (Å²) in [6, 6.07) is 14.1. The molecule has 2 aromatic carbocycles. The largest absolute Gasteiger partial charge is 0.333 e. The molecule has 3 rings (SSSR count). The number of carbonyl (C=O) groups is 2. The highest BCUT2D eigenvalue weighted by Gasteiger charge is 2.31. The minimum Gasteiger partial charge on any atom is -0.333 e. The van der Waals surface area contributed by atoms with Crippen molar-refractivity contribution in [2.24, 2.45) is 0 Å². The number of nitrogens with one attached hydrogen (secondary N) is 2. The summed E-state index contributed by atoms with van der Waals surface area (Å²) in [5, 5.41) is 6.26. The first-order valence-corrected chi connectivity index (χ1v) is 8.09. The van der Waals surface area contributed by atoms with E-state index >= 15 is 0 Å².